The zero-order chi connectivity index (χ0) is 8.10. The van der Waals surface area contributed by atoms with E-state index in [1.807, 2.05) is 0 Å². The molecule has 11 heavy (non-hydrogen) atoms. The third-order valence-electron chi connectivity index (χ3n) is 1.95. The standard InChI is InChI=1S/C11H16/c1-10-6-4-3-5-7-11(2)9-8-10/h4,6,8-9H,3,5,7H2,1-2H3. The average Bonchev–Trinajstić information content (AvgIpc) is 2.06. The lowest BCUT2D eigenvalue weighted by Crippen LogP contribution is -1.75. The first-order chi connectivity index (χ1) is 5.29. The average molecular weight is 148 g/mol. The van der Waals surface area contributed by atoms with E-state index in [-0.39, 0.29) is 0 Å². The summed E-state index contributed by atoms with van der Waals surface area (Å²) in [5, 5.41) is 0. The highest BCUT2D eigenvalue weighted by Gasteiger charge is 1.90. The highest BCUT2D eigenvalue weighted by atomic mass is 14.0. The maximum Gasteiger partial charge on any atom is -0.0317 e. The molecule has 0 amide bonds. The van der Waals surface area contributed by atoms with E-state index >= 15 is 0 Å². The second-order valence-electron chi connectivity index (χ2n) is 3.22. The maximum absolute atomic E-state index is 2.26. The van der Waals surface area contributed by atoms with Crippen molar-refractivity contribution in [3.63, 3.8) is 0 Å². The molecule has 1 aliphatic carbocycles. The Bertz CT molecular complexity index is 204. The van der Waals surface area contributed by atoms with Crippen molar-refractivity contribution in [3.05, 3.63) is 35.5 Å². The van der Waals surface area contributed by atoms with Crippen molar-refractivity contribution in [2.75, 3.05) is 0 Å². The van der Waals surface area contributed by atoms with Crippen LogP contribution in [-0.4, -0.2) is 0 Å². The molecule has 0 radical (unpaired) electrons. The monoisotopic (exact) mass is 148 g/mol. The summed E-state index contributed by atoms with van der Waals surface area (Å²) in [7, 11) is 0. The fraction of sp³-hybridized carbons (Fsp3) is 0.455. The highest BCUT2D eigenvalue weighted by molar-refractivity contribution is 5.24. The lowest BCUT2D eigenvalue weighted by atomic mass is 10.1. The molecule has 0 aromatic heterocycles. The summed E-state index contributed by atoms with van der Waals surface area (Å²) >= 11 is 0. The molecule has 0 aromatic carbocycles. The summed E-state index contributed by atoms with van der Waals surface area (Å²) < 4.78 is 0. The Kier molecular flexibility index (Phi) is 3.15. The minimum absolute atomic E-state index is 1.22. The van der Waals surface area contributed by atoms with Crippen LogP contribution in [0.4, 0.5) is 0 Å². The van der Waals surface area contributed by atoms with E-state index in [4.69, 9.17) is 0 Å². The number of hydrogen-bond acceptors (Lipinski definition) is 0. The van der Waals surface area contributed by atoms with Gasteiger partial charge in [-0.2, -0.15) is 0 Å². The first-order valence-corrected chi connectivity index (χ1v) is 4.29. The van der Waals surface area contributed by atoms with Gasteiger partial charge in [-0.1, -0.05) is 35.5 Å². The largest absolute Gasteiger partial charge is 0.0843 e. The van der Waals surface area contributed by atoms with E-state index in [0.717, 1.165) is 0 Å². The number of hydrogen-bond donors (Lipinski definition) is 0. The predicted octanol–water partition coefficient (Wildman–Crippen LogP) is 3.62. The van der Waals surface area contributed by atoms with Gasteiger partial charge in [0.25, 0.3) is 0 Å². The normalized spacial score (nSPS) is 19.5. The van der Waals surface area contributed by atoms with Gasteiger partial charge in [-0.25, -0.2) is 0 Å². The van der Waals surface area contributed by atoms with Gasteiger partial charge in [0.1, 0.15) is 0 Å². The Morgan fingerprint density at radius 1 is 1.18 bits per heavy atom. The van der Waals surface area contributed by atoms with Gasteiger partial charge in [-0.3, -0.25) is 0 Å². The predicted molar refractivity (Wildman–Crippen MR) is 50.5 cm³/mol. The van der Waals surface area contributed by atoms with Gasteiger partial charge in [0.05, 0.1) is 0 Å². The highest BCUT2D eigenvalue weighted by Crippen LogP contribution is 2.11. The topological polar surface area (TPSA) is 0 Å². The maximum atomic E-state index is 2.26. The Morgan fingerprint density at radius 3 is 2.82 bits per heavy atom. The fourth-order valence-corrected chi connectivity index (χ4v) is 1.18. The summed E-state index contributed by atoms with van der Waals surface area (Å²) in [6.45, 7) is 4.35. The second kappa shape index (κ2) is 4.17. The van der Waals surface area contributed by atoms with Gasteiger partial charge in [-0.15, -0.1) is 0 Å². The quantitative estimate of drug-likeness (QED) is 0.492. The number of allylic oxidation sites excluding steroid dienone is 6. The van der Waals surface area contributed by atoms with Gasteiger partial charge in [-0.05, 0) is 33.1 Å². The molecule has 0 atom stereocenters. The van der Waals surface area contributed by atoms with Crippen LogP contribution < -0.4 is 0 Å². The lowest BCUT2D eigenvalue weighted by Gasteiger charge is -1.95. The lowest BCUT2D eigenvalue weighted by molar-refractivity contribution is 0.833. The minimum Gasteiger partial charge on any atom is -0.0843 e. The molecule has 0 bridgehead atoms. The van der Waals surface area contributed by atoms with Crippen molar-refractivity contribution in [2.24, 2.45) is 0 Å². The number of rotatable bonds is 0. The molecule has 0 heterocycles. The van der Waals surface area contributed by atoms with E-state index in [1.165, 1.54) is 30.4 Å². The van der Waals surface area contributed by atoms with E-state index in [2.05, 4.69) is 38.2 Å². The molecule has 0 heteroatoms. The third kappa shape index (κ3) is 3.22. The molecule has 0 nitrogen and oxygen atoms in total. The molecule has 60 valence electrons. The Hall–Kier alpha value is -0.780. The van der Waals surface area contributed by atoms with Crippen LogP contribution in [0.5, 0.6) is 0 Å². The zero-order valence-electron chi connectivity index (χ0n) is 7.43. The molecule has 0 unspecified atom stereocenters. The van der Waals surface area contributed by atoms with Crippen molar-refractivity contribution in [2.45, 2.75) is 33.1 Å². The molecule has 0 N–H and O–H groups in total. The first-order valence-electron chi connectivity index (χ1n) is 4.29. The molecular formula is C11H16. The molecule has 0 saturated heterocycles. The molecule has 0 aliphatic heterocycles. The van der Waals surface area contributed by atoms with Gasteiger partial charge in [0.15, 0.2) is 0 Å². The summed E-state index contributed by atoms with van der Waals surface area (Å²) in [4.78, 5) is 0. The van der Waals surface area contributed by atoms with Crippen LogP contribution in [0.25, 0.3) is 0 Å². The van der Waals surface area contributed by atoms with E-state index in [9.17, 15) is 0 Å². The van der Waals surface area contributed by atoms with E-state index in [0.29, 0.717) is 0 Å². The van der Waals surface area contributed by atoms with Crippen molar-refractivity contribution < 1.29 is 0 Å². The van der Waals surface area contributed by atoms with E-state index < -0.39 is 0 Å². The molecule has 1 rings (SSSR count). The summed E-state index contributed by atoms with van der Waals surface area (Å²) in [6, 6.07) is 0. The van der Waals surface area contributed by atoms with Crippen molar-refractivity contribution in [1.29, 1.82) is 0 Å². The second-order valence-corrected chi connectivity index (χ2v) is 3.22. The summed E-state index contributed by atoms with van der Waals surface area (Å²) in [5.74, 6) is 0. The van der Waals surface area contributed by atoms with Crippen LogP contribution in [0.1, 0.15) is 33.1 Å². The summed E-state index contributed by atoms with van der Waals surface area (Å²) in [6.07, 6.45) is 12.6. The van der Waals surface area contributed by atoms with Crippen LogP contribution in [0, 0.1) is 0 Å². The van der Waals surface area contributed by atoms with E-state index in [1.54, 1.807) is 0 Å². The Labute approximate surface area is 69.3 Å². The SMILES string of the molecule is CC1=CC=C(C)CCCC=C1. The molecule has 1 aliphatic rings. The molecular weight excluding hydrogens is 132 g/mol. The van der Waals surface area contributed by atoms with Gasteiger partial charge in [0.2, 0.25) is 0 Å². The third-order valence-corrected chi connectivity index (χ3v) is 1.95. The van der Waals surface area contributed by atoms with Crippen LogP contribution in [0.15, 0.2) is 35.5 Å². The van der Waals surface area contributed by atoms with Gasteiger partial charge in [0, 0.05) is 0 Å². The van der Waals surface area contributed by atoms with Crippen molar-refractivity contribution in [3.8, 4) is 0 Å². The Balaban J connectivity index is 2.72. The van der Waals surface area contributed by atoms with Crippen molar-refractivity contribution in [1.82, 2.24) is 0 Å². The van der Waals surface area contributed by atoms with Crippen LogP contribution >= 0.6 is 0 Å². The van der Waals surface area contributed by atoms with Crippen LogP contribution in [0.2, 0.25) is 0 Å². The molecule has 0 spiro atoms. The molecule has 0 saturated carbocycles. The molecule has 0 aromatic rings. The fourth-order valence-electron chi connectivity index (χ4n) is 1.18. The Morgan fingerprint density at radius 2 is 2.00 bits per heavy atom. The molecule has 0 fully saturated rings. The van der Waals surface area contributed by atoms with Gasteiger partial charge >= 0.3 is 0 Å². The van der Waals surface area contributed by atoms with Crippen LogP contribution in [-0.2, 0) is 0 Å². The summed E-state index contributed by atoms with van der Waals surface area (Å²) in [5.41, 5.74) is 2.85. The smallest absolute Gasteiger partial charge is 0.0317 e. The minimum atomic E-state index is 1.22. The zero-order valence-corrected chi connectivity index (χ0v) is 7.43. The van der Waals surface area contributed by atoms with Crippen molar-refractivity contribution >= 4 is 0 Å². The first kappa shape index (κ1) is 8.32. The van der Waals surface area contributed by atoms with Gasteiger partial charge < -0.3 is 0 Å². The van der Waals surface area contributed by atoms with Crippen LogP contribution in [0.3, 0.4) is 0 Å².